The Kier molecular flexibility index (Phi) is 5.16. The lowest BCUT2D eigenvalue weighted by molar-refractivity contribution is 0.0519. The third-order valence-corrected chi connectivity index (χ3v) is 3.95. The number of fused-ring (bicyclic) bond motifs is 1. The number of nitrogens with zero attached hydrogens (tertiary/aromatic N) is 2. The molecule has 0 spiro atoms. The standard InChI is InChI=1S/C19H18F2N2O3/c1-3-23-10-12(11-26-18-6-5-13(20)7-15(18)21)14-9-22-16(8-17(14)23)19(24)25-4-2/h5-10H,3-4,11H2,1-2H3. The molecule has 0 N–H and O–H groups in total. The number of carbonyl (C=O) groups is 1. The van der Waals surface area contributed by atoms with E-state index in [1.54, 1.807) is 19.2 Å². The highest BCUT2D eigenvalue weighted by molar-refractivity contribution is 5.93. The fourth-order valence-corrected chi connectivity index (χ4v) is 2.70. The number of carbonyl (C=O) groups excluding carboxylic acids is 1. The maximum atomic E-state index is 13.7. The Morgan fingerprint density at radius 1 is 1.23 bits per heavy atom. The van der Waals surface area contributed by atoms with E-state index in [0.29, 0.717) is 6.54 Å². The molecule has 0 aliphatic carbocycles. The van der Waals surface area contributed by atoms with Crippen molar-refractivity contribution in [3.63, 3.8) is 0 Å². The molecular formula is C19H18F2N2O3. The second-order valence-electron chi connectivity index (χ2n) is 5.61. The first-order valence-corrected chi connectivity index (χ1v) is 8.26. The Balaban J connectivity index is 1.90. The summed E-state index contributed by atoms with van der Waals surface area (Å²) in [7, 11) is 0. The number of rotatable bonds is 6. The maximum Gasteiger partial charge on any atom is 0.356 e. The number of benzene rings is 1. The Hall–Kier alpha value is -2.96. The predicted octanol–water partition coefficient (Wildman–Crippen LogP) is 4.09. The number of hydrogen-bond acceptors (Lipinski definition) is 4. The number of halogens is 2. The van der Waals surface area contributed by atoms with Gasteiger partial charge in [-0.15, -0.1) is 0 Å². The van der Waals surface area contributed by atoms with Gasteiger partial charge in [0.25, 0.3) is 0 Å². The molecular weight excluding hydrogens is 342 g/mol. The van der Waals surface area contributed by atoms with Gasteiger partial charge in [-0.2, -0.15) is 0 Å². The Morgan fingerprint density at radius 2 is 2.04 bits per heavy atom. The van der Waals surface area contributed by atoms with Crippen molar-refractivity contribution in [1.29, 1.82) is 0 Å². The van der Waals surface area contributed by atoms with E-state index in [1.165, 1.54) is 6.07 Å². The van der Waals surface area contributed by atoms with Gasteiger partial charge in [-0.05, 0) is 32.0 Å². The quantitative estimate of drug-likeness (QED) is 0.622. The topological polar surface area (TPSA) is 53.4 Å². The first kappa shape index (κ1) is 17.8. The van der Waals surface area contributed by atoms with Crippen molar-refractivity contribution < 1.29 is 23.0 Å². The summed E-state index contributed by atoms with van der Waals surface area (Å²) in [4.78, 5) is 16.0. The van der Waals surface area contributed by atoms with Crippen LogP contribution in [0.3, 0.4) is 0 Å². The SMILES string of the molecule is CCOC(=O)c1cc2c(cn1)c(COc1ccc(F)cc1F)cn2CC. The fourth-order valence-electron chi connectivity index (χ4n) is 2.70. The summed E-state index contributed by atoms with van der Waals surface area (Å²) in [6.07, 6.45) is 3.44. The molecule has 0 bridgehead atoms. The molecule has 0 atom stereocenters. The minimum Gasteiger partial charge on any atom is -0.486 e. The number of pyridine rings is 1. The van der Waals surface area contributed by atoms with Crippen LogP contribution in [0.1, 0.15) is 29.9 Å². The van der Waals surface area contributed by atoms with E-state index in [9.17, 15) is 13.6 Å². The zero-order valence-corrected chi connectivity index (χ0v) is 14.5. The van der Waals surface area contributed by atoms with Gasteiger partial charge < -0.3 is 14.0 Å². The van der Waals surface area contributed by atoms with Crippen molar-refractivity contribution >= 4 is 16.9 Å². The summed E-state index contributed by atoms with van der Waals surface area (Å²) in [5.41, 5.74) is 1.82. The van der Waals surface area contributed by atoms with E-state index in [4.69, 9.17) is 9.47 Å². The Bertz CT molecular complexity index is 953. The molecule has 0 unspecified atom stereocenters. The molecule has 2 heterocycles. The van der Waals surface area contributed by atoms with Crippen LogP contribution in [0.25, 0.3) is 10.9 Å². The minimum atomic E-state index is -0.757. The number of ether oxygens (including phenoxy) is 2. The summed E-state index contributed by atoms with van der Waals surface area (Å²) in [6.45, 7) is 4.74. The fraction of sp³-hybridized carbons (Fsp3) is 0.263. The first-order chi connectivity index (χ1) is 12.5. The lowest BCUT2D eigenvalue weighted by atomic mass is 10.2. The van der Waals surface area contributed by atoms with E-state index < -0.39 is 17.6 Å². The third-order valence-electron chi connectivity index (χ3n) is 3.95. The molecule has 136 valence electrons. The smallest absolute Gasteiger partial charge is 0.356 e. The minimum absolute atomic E-state index is 0.0279. The normalized spacial score (nSPS) is 10.9. The molecule has 26 heavy (non-hydrogen) atoms. The summed E-state index contributed by atoms with van der Waals surface area (Å²) < 4.78 is 39.1. The molecule has 0 aliphatic rings. The summed E-state index contributed by atoms with van der Waals surface area (Å²) in [6, 6.07) is 4.83. The molecule has 0 saturated carbocycles. The summed E-state index contributed by atoms with van der Waals surface area (Å²) in [5.74, 6) is -1.93. The second kappa shape index (κ2) is 7.51. The zero-order chi connectivity index (χ0) is 18.7. The van der Waals surface area contributed by atoms with Crippen LogP contribution in [0, 0.1) is 11.6 Å². The van der Waals surface area contributed by atoms with Crippen LogP contribution in [-0.4, -0.2) is 22.1 Å². The van der Waals surface area contributed by atoms with Gasteiger partial charge in [-0.3, -0.25) is 0 Å². The largest absolute Gasteiger partial charge is 0.486 e. The predicted molar refractivity (Wildman–Crippen MR) is 92.1 cm³/mol. The van der Waals surface area contributed by atoms with Gasteiger partial charge in [0.2, 0.25) is 0 Å². The maximum absolute atomic E-state index is 13.7. The van der Waals surface area contributed by atoms with Gasteiger partial charge in [0.05, 0.1) is 12.1 Å². The number of aryl methyl sites for hydroxylation is 1. The number of esters is 1. The van der Waals surface area contributed by atoms with Crippen LogP contribution in [0.4, 0.5) is 8.78 Å². The van der Waals surface area contributed by atoms with Gasteiger partial charge in [0.15, 0.2) is 11.6 Å². The molecule has 1 aromatic carbocycles. The third kappa shape index (κ3) is 3.51. The summed E-state index contributed by atoms with van der Waals surface area (Å²) in [5, 5.41) is 0.794. The van der Waals surface area contributed by atoms with Gasteiger partial charge in [-0.25, -0.2) is 18.6 Å². The molecule has 0 radical (unpaired) electrons. The van der Waals surface area contributed by atoms with Crippen molar-refractivity contribution in [2.24, 2.45) is 0 Å². The number of aromatic nitrogens is 2. The van der Waals surface area contributed by atoms with E-state index in [0.717, 1.165) is 28.6 Å². The molecule has 2 aromatic heterocycles. The highest BCUT2D eigenvalue weighted by atomic mass is 19.1. The Labute approximate surface area is 149 Å². The van der Waals surface area contributed by atoms with E-state index >= 15 is 0 Å². The van der Waals surface area contributed by atoms with Crippen LogP contribution < -0.4 is 4.74 Å². The molecule has 7 heteroatoms. The van der Waals surface area contributed by atoms with Crippen LogP contribution in [0.15, 0.2) is 36.7 Å². The molecule has 0 saturated heterocycles. The zero-order valence-electron chi connectivity index (χ0n) is 14.5. The Morgan fingerprint density at radius 3 is 2.73 bits per heavy atom. The van der Waals surface area contributed by atoms with E-state index in [2.05, 4.69) is 4.98 Å². The van der Waals surface area contributed by atoms with Crippen molar-refractivity contribution in [3.05, 3.63) is 59.6 Å². The molecule has 0 aliphatic heterocycles. The molecule has 5 nitrogen and oxygen atoms in total. The molecule has 0 amide bonds. The molecule has 3 aromatic rings. The molecule has 0 fully saturated rings. The number of hydrogen-bond donors (Lipinski definition) is 0. The van der Waals surface area contributed by atoms with Gasteiger partial charge in [0, 0.05) is 36.0 Å². The van der Waals surface area contributed by atoms with Crippen LogP contribution in [-0.2, 0) is 17.9 Å². The summed E-state index contributed by atoms with van der Waals surface area (Å²) >= 11 is 0. The average Bonchev–Trinajstić information content (AvgIpc) is 2.98. The van der Waals surface area contributed by atoms with Gasteiger partial charge in [0.1, 0.15) is 18.1 Å². The van der Waals surface area contributed by atoms with Crippen LogP contribution in [0.5, 0.6) is 5.75 Å². The highest BCUT2D eigenvalue weighted by Gasteiger charge is 2.15. The average molecular weight is 360 g/mol. The van der Waals surface area contributed by atoms with E-state index in [1.807, 2.05) is 17.7 Å². The molecule has 3 rings (SSSR count). The lowest BCUT2D eigenvalue weighted by Crippen LogP contribution is -2.07. The van der Waals surface area contributed by atoms with Crippen LogP contribution in [0.2, 0.25) is 0 Å². The highest BCUT2D eigenvalue weighted by Crippen LogP contribution is 2.25. The monoisotopic (exact) mass is 360 g/mol. The van der Waals surface area contributed by atoms with Crippen molar-refractivity contribution in [1.82, 2.24) is 9.55 Å². The van der Waals surface area contributed by atoms with Crippen LogP contribution >= 0.6 is 0 Å². The van der Waals surface area contributed by atoms with Gasteiger partial charge in [-0.1, -0.05) is 0 Å². The second-order valence-corrected chi connectivity index (χ2v) is 5.61. The first-order valence-electron chi connectivity index (χ1n) is 8.26. The van der Waals surface area contributed by atoms with Crippen molar-refractivity contribution in [2.75, 3.05) is 6.61 Å². The van der Waals surface area contributed by atoms with Crippen molar-refractivity contribution in [3.8, 4) is 5.75 Å². The van der Waals surface area contributed by atoms with Crippen molar-refractivity contribution in [2.45, 2.75) is 27.0 Å². The lowest BCUT2D eigenvalue weighted by Gasteiger charge is -2.06. The van der Waals surface area contributed by atoms with Gasteiger partial charge >= 0.3 is 5.97 Å². The van der Waals surface area contributed by atoms with E-state index in [-0.39, 0.29) is 24.7 Å².